The fourth-order valence-corrected chi connectivity index (χ4v) is 13.5. The molecule has 9 aliphatic rings. The summed E-state index contributed by atoms with van der Waals surface area (Å²) in [4.78, 5) is 26.9. The first kappa shape index (κ1) is 84.3. The Balaban J connectivity index is 1.08. The number of aliphatic hydroxyl groups excluding tert-OH is 24. The van der Waals surface area contributed by atoms with Crippen molar-refractivity contribution >= 4 is 11.8 Å². The van der Waals surface area contributed by atoms with Gasteiger partial charge in [-0.2, -0.15) is 0 Å². The minimum absolute atomic E-state index is 0.937. The van der Waals surface area contributed by atoms with Gasteiger partial charge in [-0.1, -0.05) is 0 Å². The van der Waals surface area contributed by atoms with Gasteiger partial charge in [-0.25, -0.2) is 0 Å². The van der Waals surface area contributed by atoms with E-state index >= 15 is 0 Å². The van der Waals surface area contributed by atoms with Crippen molar-refractivity contribution in [3.63, 3.8) is 0 Å². The summed E-state index contributed by atoms with van der Waals surface area (Å²) >= 11 is 0. The lowest BCUT2D eigenvalue weighted by atomic mass is 9.93. The number of ether oxygens (including phenoxy) is 17. The van der Waals surface area contributed by atoms with Crippen LogP contribution in [-0.2, 0) is 90.1 Å². The zero-order valence-corrected chi connectivity index (χ0v) is 55.7. The molecule has 9 saturated heterocycles. The van der Waals surface area contributed by atoms with Crippen molar-refractivity contribution in [3.8, 4) is 0 Å². The minimum atomic E-state index is -2.46. The molecule has 9 fully saturated rings. The Bertz CT molecular complexity index is 2660. The number of rotatable bonds is 24. The lowest BCUT2D eigenvalue weighted by Crippen LogP contribution is -2.71. The van der Waals surface area contributed by atoms with Crippen LogP contribution in [0.1, 0.15) is 34.6 Å². The minimum Gasteiger partial charge on any atom is -0.394 e. The average molecular weight is 1510 g/mol. The molecule has 2 amide bonds. The molecule has 45 heteroatoms. The summed E-state index contributed by atoms with van der Waals surface area (Å²) in [6, 6.07) is -3.94. The average Bonchev–Trinajstić information content (AvgIpc) is 0.765. The van der Waals surface area contributed by atoms with Crippen molar-refractivity contribution in [2.75, 3.05) is 39.6 Å². The summed E-state index contributed by atoms with van der Waals surface area (Å²) < 4.78 is 102. The number of hydrogen-bond donors (Lipinski definition) is 26. The number of amides is 2. The Labute approximate surface area is 584 Å². The molecule has 26 N–H and O–H groups in total. The third kappa shape index (κ3) is 18.0. The van der Waals surface area contributed by atoms with Crippen molar-refractivity contribution in [2.24, 2.45) is 0 Å². The van der Waals surface area contributed by atoms with Gasteiger partial charge >= 0.3 is 0 Å². The van der Waals surface area contributed by atoms with Gasteiger partial charge in [0, 0.05) is 13.8 Å². The van der Waals surface area contributed by atoms with E-state index in [9.17, 15) is 132 Å². The van der Waals surface area contributed by atoms with Gasteiger partial charge in [-0.3, -0.25) is 9.59 Å². The quantitative estimate of drug-likeness (QED) is 0.0427. The van der Waals surface area contributed by atoms with Crippen LogP contribution >= 0.6 is 0 Å². The van der Waals surface area contributed by atoms with Crippen LogP contribution in [0.4, 0.5) is 0 Å². The van der Waals surface area contributed by atoms with Crippen LogP contribution in [0.5, 0.6) is 0 Å². The number of carbonyl (C=O) groups excluding carboxylic acids is 2. The maximum Gasteiger partial charge on any atom is 0.217 e. The maximum atomic E-state index is 13.5. The van der Waals surface area contributed by atoms with E-state index in [0.717, 1.165) is 13.8 Å². The lowest BCUT2D eigenvalue weighted by molar-refractivity contribution is -0.398. The fourth-order valence-electron chi connectivity index (χ4n) is 13.5. The molecular formula is C58H98N2O43. The molecule has 0 radical (unpaired) electrons. The van der Waals surface area contributed by atoms with Crippen LogP contribution in [-0.4, -0.2) is 450 Å². The first-order chi connectivity index (χ1) is 48.6. The first-order valence-corrected chi connectivity index (χ1v) is 33.2. The van der Waals surface area contributed by atoms with Gasteiger partial charge in [0.15, 0.2) is 56.6 Å². The Kier molecular flexibility index (Phi) is 29.5. The predicted molar refractivity (Wildman–Crippen MR) is 316 cm³/mol. The Hall–Kier alpha value is -2.70. The van der Waals surface area contributed by atoms with Gasteiger partial charge in [0.2, 0.25) is 11.8 Å². The van der Waals surface area contributed by atoms with E-state index in [4.69, 9.17) is 80.5 Å². The number of hydrogen-bond acceptors (Lipinski definition) is 43. The molecule has 0 aromatic rings. The Morgan fingerprint density at radius 1 is 0.272 bits per heavy atom. The molecule has 103 heavy (non-hydrogen) atoms. The highest BCUT2D eigenvalue weighted by Crippen LogP contribution is 2.40. The smallest absolute Gasteiger partial charge is 0.217 e. The molecule has 0 unspecified atom stereocenters. The van der Waals surface area contributed by atoms with Crippen LogP contribution < -0.4 is 10.6 Å². The molecule has 9 aliphatic heterocycles. The van der Waals surface area contributed by atoms with Gasteiger partial charge in [-0.15, -0.1) is 0 Å². The molecule has 0 spiro atoms. The highest BCUT2D eigenvalue weighted by Gasteiger charge is 2.61. The normalized spacial score (nSPS) is 52.3. The van der Waals surface area contributed by atoms with E-state index in [1.807, 2.05) is 0 Å². The molecule has 9 rings (SSSR count). The van der Waals surface area contributed by atoms with Crippen molar-refractivity contribution in [2.45, 2.75) is 311 Å². The van der Waals surface area contributed by atoms with E-state index in [-0.39, 0.29) is 0 Å². The van der Waals surface area contributed by atoms with Crippen molar-refractivity contribution in [1.29, 1.82) is 0 Å². The van der Waals surface area contributed by atoms with Crippen molar-refractivity contribution in [3.05, 3.63) is 0 Å². The monoisotopic (exact) mass is 1510 g/mol. The Morgan fingerprint density at radius 3 is 1.03 bits per heavy atom. The standard InChI is InChI=1S/C58H98N2O43/c1-12-25(68)31(74)38(81)53(88-12)100-46-23(59-15(4)66)51(94-20(9-64)45(46)99-58-49(35(78)29(72)18(7-62)93-58)103-55-40(83)33(76)27(70)14(3)90-55)87-11-22-30(73)48(42(85)57(96-22)97-43-19(8-63)91-50(86)37(80)36(43)79)102-52-24(60-16(5)67)47(101-54-39(82)32(75)26(69)13(2)89-54)44(21(10-65)95-52)98-56-41(84)34(77)28(71)17(6-61)92-56/h12-14,17-58,61-65,68-86H,6-11H2,1-5H3,(H,59,66)(H,60,67)/t12-,13-,14-,17+,18+,19+,20+,21+,22+,23+,24+,25+,26+,27+,28-,29-,30-,31+,32+,33+,34-,35-,36+,37+,38-,39-,40-,41+,42+,43+,44+,45+,46+,47+,48-,49+,50-,51+,52-,53-,54-,55-,56-,57-,58-/m0/s1. The molecule has 0 aliphatic carbocycles. The van der Waals surface area contributed by atoms with E-state index in [0.29, 0.717) is 0 Å². The SMILES string of the molecule is CC(=O)N[C@H]1[C@H](O[C@H]2[C@@H](O)[C@@H](CO[C@@H]3O[C@H](CO)[C@@H](O[C@@H]4O[C@H](CO)[C@H](O)[C@H](O)[C@H]4O[C@@H]4O[C@@H](C)[C@@H](O)[C@@H](O)[C@@H]4O)[C@H](O[C@@H]4O[C@@H](C)[C@@H](O)[C@@H](O)[C@@H]4O)[C@H]3NC(C)=O)O[C@@H](O[C@H]3[C@H](O)[C@@H](O)[C@@H](O)O[C@@H]3CO)[C@@H]2O)O[C@H](CO)[C@@H](O[C@@H]2O[C@H](CO)[C@H](O)[C@H](O)[C@H]2O)[C@@H]1O[C@@H]1O[C@@H](C)[C@@H](O)[C@@H](O)[C@@H]1O. The van der Waals surface area contributed by atoms with E-state index in [1.54, 1.807) is 0 Å². The molecular weight excluding hydrogens is 1410 g/mol. The van der Waals surface area contributed by atoms with Gasteiger partial charge in [-0.05, 0) is 20.8 Å². The summed E-state index contributed by atoms with van der Waals surface area (Å²) in [6.07, 6.45) is -85.9. The highest BCUT2D eigenvalue weighted by atomic mass is 16.8. The number of aliphatic hydroxyl groups is 24. The topological polar surface area (TPSA) is 701 Å². The number of nitrogens with one attached hydrogen (secondary N) is 2. The molecule has 0 aromatic heterocycles. The van der Waals surface area contributed by atoms with Crippen LogP contribution in [0, 0.1) is 0 Å². The summed E-state index contributed by atoms with van der Waals surface area (Å²) in [6.45, 7) is -0.952. The van der Waals surface area contributed by atoms with Crippen LogP contribution in [0.3, 0.4) is 0 Å². The molecule has 0 bridgehead atoms. The second-order valence-corrected chi connectivity index (χ2v) is 26.6. The summed E-state index contributed by atoms with van der Waals surface area (Å²) in [5.41, 5.74) is 0. The fraction of sp³-hybridized carbons (Fsp3) is 0.966. The third-order valence-electron chi connectivity index (χ3n) is 19.4. The van der Waals surface area contributed by atoms with Crippen molar-refractivity contribution in [1.82, 2.24) is 10.6 Å². The molecule has 9 heterocycles. The lowest BCUT2D eigenvalue weighted by Gasteiger charge is -2.52. The highest BCUT2D eigenvalue weighted by molar-refractivity contribution is 5.73. The van der Waals surface area contributed by atoms with Gasteiger partial charge in [0.25, 0.3) is 0 Å². The van der Waals surface area contributed by atoms with Gasteiger partial charge < -0.3 is 214 Å². The van der Waals surface area contributed by atoms with Gasteiger partial charge in [0.05, 0.1) is 58.0 Å². The summed E-state index contributed by atoms with van der Waals surface area (Å²) in [5.74, 6) is -1.95. The zero-order valence-electron chi connectivity index (χ0n) is 55.7. The predicted octanol–water partition coefficient (Wildman–Crippen LogP) is -17.3. The van der Waals surface area contributed by atoms with Gasteiger partial charge in [0.1, 0.15) is 201 Å². The maximum absolute atomic E-state index is 13.5. The summed E-state index contributed by atoms with van der Waals surface area (Å²) in [5, 5.41) is 269. The zero-order chi connectivity index (χ0) is 75.8. The molecule has 45 nitrogen and oxygen atoms in total. The molecule has 0 aromatic carbocycles. The van der Waals surface area contributed by atoms with E-state index in [1.165, 1.54) is 20.8 Å². The largest absolute Gasteiger partial charge is 0.394 e. The van der Waals surface area contributed by atoms with E-state index in [2.05, 4.69) is 10.6 Å². The third-order valence-corrected chi connectivity index (χ3v) is 19.4. The van der Waals surface area contributed by atoms with Crippen molar-refractivity contribution < 1.29 is 213 Å². The number of carbonyl (C=O) groups is 2. The summed E-state index contributed by atoms with van der Waals surface area (Å²) in [7, 11) is 0. The second kappa shape index (κ2) is 36.0. The Morgan fingerprint density at radius 2 is 0.583 bits per heavy atom. The van der Waals surface area contributed by atoms with Crippen LogP contribution in [0.25, 0.3) is 0 Å². The van der Waals surface area contributed by atoms with E-state index < -0.39 is 328 Å². The van der Waals surface area contributed by atoms with Crippen LogP contribution in [0.15, 0.2) is 0 Å². The first-order valence-electron chi connectivity index (χ1n) is 33.2. The molecule has 0 saturated carbocycles. The van der Waals surface area contributed by atoms with Crippen LogP contribution in [0.2, 0.25) is 0 Å². The second-order valence-electron chi connectivity index (χ2n) is 26.6. The molecule has 598 valence electrons. The molecule has 45 atom stereocenters.